The fourth-order valence-corrected chi connectivity index (χ4v) is 4.42. The Bertz CT molecular complexity index is 481. The van der Waals surface area contributed by atoms with E-state index >= 15 is 0 Å². The summed E-state index contributed by atoms with van der Waals surface area (Å²) in [7, 11) is 1.97. The average Bonchev–Trinajstić information content (AvgIpc) is 2.65. The van der Waals surface area contributed by atoms with Crippen LogP contribution in [-0.4, -0.2) is 84.4 Å². The summed E-state index contributed by atoms with van der Waals surface area (Å²) in [5.41, 5.74) is 0. The molecule has 0 saturated carbocycles. The predicted molar refractivity (Wildman–Crippen MR) is 110 cm³/mol. The minimum Gasteiger partial charge on any atom is -0.354 e. The van der Waals surface area contributed by atoms with Crippen LogP contribution in [0.4, 0.5) is 0 Å². The lowest BCUT2D eigenvalue weighted by atomic mass is 9.94. The van der Waals surface area contributed by atoms with E-state index in [2.05, 4.69) is 35.9 Å². The molecule has 0 aromatic heterocycles. The molecule has 1 atom stereocenters. The van der Waals surface area contributed by atoms with Crippen molar-refractivity contribution in [1.29, 1.82) is 0 Å². The van der Waals surface area contributed by atoms with Crippen molar-refractivity contribution in [3.8, 4) is 0 Å². The van der Waals surface area contributed by atoms with Crippen LogP contribution in [0.5, 0.6) is 0 Å². The molecule has 2 fully saturated rings. The van der Waals surface area contributed by atoms with Gasteiger partial charge in [-0.25, -0.2) is 0 Å². The van der Waals surface area contributed by atoms with Gasteiger partial charge in [0.15, 0.2) is 0 Å². The molecule has 27 heavy (non-hydrogen) atoms. The highest BCUT2D eigenvalue weighted by atomic mass is 16.2. The van der Waals surface area contributed by atoms with Gasteiger partial charge >= 0.3 is 0 Å². The molecule has 0 aromatic rings. The highest BCUT2D eigenvalue weighted by Gasteiger charge is 2.28. The zero-order chi connectivity index (χ0) is 20.0. The highest BCUT2D eigenvalue weighted by molar-refractivity contribution is 5.78. The largest absolute Gasteiger partial charge is 0.354 e. The summed E-state index contributed by atoms with van der Waals surface area (Å²) in [6.07, 6.45) is 5.04. The minimum atomic E-state index is 0.0702. The molecule has 2 rings (SSSR count). The first-order valence-corrected chi connectivity index (χ1v) is 10.8. The van der Waals surface area contributed by atoms with Crippen LogP contribution >= 0.6 is 0 Å². The molecule has 1 unspecified atom stereocenters. The number of carbonyl (C=O) groups is 2. The van der Waals surface area contributed by atoms with E-state index in [1.54, 1.807) is 6.92 Å². The van der Waals surface area contributed by atoms with Crippen molar-refractivity contribution in [3.63, 3.8) is 0 Å². The van der Waals surface area contributed by atoms with Gasteiger partial charge in [-0.05, 0) is 66.0 Å². The summed E-state index contributed by atoms with van der Waals surface area (Å²) in [6.45, 7) is 13.3. The van der Waals surface area contributed by atoms with Crippen LogP contribution in [0.15, 0.2) is 0 Å². The Kier molecular flexibility index (Phi) is 8.55. The molecule has 2 aliphatic rings. The van der Waals surface area contributed by atoms with Crippen molar-refractivity contribution in [2.45, 2.75) is 77.9 Å². The Morgan fingerprint density at radius 1 is 1.00 bits per heavy atom. The third-order valence-corrected chi connectivity index (χ3v) is 6.43. The molecule has 0 radical (unpaired) electrons. The van der Waals surface area contributed by atoms with Crippen LogP contribution in [0.2, 0.25) is 0 Å². The normalized spacial score (nSPS) is 22.0. The smallest absolute Gasteiger partial charge is 0.225 e. The lowest BCUT2D eigenvalue weighted by molar-refractivity contribution is -0.136. The van der Waals surface area contributed by atoms with Gasteiger partial charge in [-0.3, -0.25) is 9.59 Å². The van der Waals surface area contributed by atoms with E-state index < -0.39 is 0 Å². The van der Waals surface area contributed by atoms with Gasteiger partial charge in [-0.15, -0.1) is 0 Å². The Hall–Kier alpha value is -1.14. The van der Waals surface area contributed by atoms with E-state index in [1.807, 2.05) is 11.9 Å². The Morgan fingerprint density at radius 2 is 1.56 bits per heavy atom. The van der Waals surface area contributed by atoms with Gasteiger partial charge in [0.1, 0.15) is 0 Å². The molecule has 2 aliphatic heterocycles. The maximum atomic E-state index is 12.8. The zero-order valence-corrected chi connectivity index (χ0v) is 18.0. The molecule has 0 bridgehead atoms. The zero-order valence-electron chi connectivity index (χ0n) is 18.0. The third-order valence-electron chi connectivity index (χ3n) is 6.43. The molecule has 0 spiro atoms. The van der Waals surface area contributed by atoms with Gasteiger partial charge in [0, 0.05) is 57.6 Å². The summed E-state index contributed by atoms with van der Waals surface area (Å²) in [5.74, 6) is 0.601. The average molecular weight is 381 g/mol. The number of rotatable bonds is 7. The molecule has 0 aromatic carbocycles. The van der Waals surface area contributed by atoms with E-state index in [9.17, 15) is 9.59 Å². The van der Waals surface area contributed by atoms with E-state index in [1.165, 1.54) is 0 Å². The second-order valence-electron chi connectivity index (χ2n) is 8.81. The summed E-state index contributed by atoms with van der Waals surface area (Å²) >= 11 is 0. The molecule has 2 heterocycles. The SMILES string of the molecule is CC(=O)NC1CCN(C(C)CCN(C)C(=O)C2CCN(C(C)C)CC2)CC1. The van der Waals surface area contributed by atoms with Crippen molar-refractivity contribution in [1.82, 2.24) is 20.0 Å². The first-order valence-electron chi connectivity index (χ1n) is 10.8. The lowest BCUT2D eigenvalue weighted by Gasteiger charge is -2.37. The molecule has 6 nitrogen and oxygen atoms in total. The van der Waals surface area contributed by atoms with Gasteiger partial charge < -0.3 is 20.0 Å². The van der Waals surface area contributed by atoms with Crippen molar-refractivity contribution in [3.05, 3.63) is 0 Å². The second kappa shape index (κ2) is 10.4. The molecule has 6 heteroatoms. The highest BCUT2D eigenvalue weighted by Crippen LogP contribution is 2.21. The Balaban J connectivity index is 1.68. The van der Waals surface area contributed by atoms with Gasteiger partial charge in [0.05, 0.1) is 0 Å². The second-order valence-corrected chi connectivity index (χ2v) is 8.81. The lowest BCUT2D eigenvalue weighted by Crippen LogP contribution is -2.48. The Labute approximate surface area is 165 Å². The van der Waals surface area contributed by atoms with Crippen molar-refractivity contribution >= 4 is 11.8 Å². The summed E-state index contributed by atoms with van der Waals surface area (Å²) < 4.78 is 0. The number of piperidine rings is 2. The number of hydrogen-bond donors (Lipinski definition) is 1. The van der Waals surface area contributed by atoms with Crippen LogP contribution in [0, 0.1) is 5.92 Å². The number of amides is 2. The monoisotopic (exact) mass is 380 g/mol. The van der Waals surface area contributed by atoms with Gasteiger partial charge in [0.2, 0.25) is 11.8 Å². The molecule has 1 N–H and O–H groups in total. The van der Waals surface area contributed by atoms with Crippen LogP contribution in [0.3, 0.4) is 0 Å². The predicted octanol–water partition coefficient (Wildman–Crippen LogP) is 1.94. The quantitative estimate of drug-likeness (QED) is 0.733. The summed E-state index contributed by atoms with van der Waals surface area (Å²) in [4.78, 5) is 30.9. The molecule has 0 aliphatic carbocycles. The van der Waals surface area contributed by atoms with Gasteiger partial charge in [0.25, 0.3) is 0 Å². The van der Waals surface area contributed by atoms with E-state index in [4.69, 9.17) is 0 Å². The Morgan fingerprint density at radius 3 is 2.07 bits per heavy atom. The number of likely N-dealkylation sites (tertiary alicyclic amines) is 2. The van der Waals surface area contributed by atoms with Gasteiger partial charge in [-0.1, -0.05) is 0 Å². The molecular weight excluding hydrogens is 340 g/mol. The maximum absolute atomic E-state index is 12.8. The number of hydrogen-bond acceptors (Lipinski definition) is 4. The number of nitrogens with one attached hydrogen (secondary N) is 1. The fraction of sp³-hybridized carbons (Fsp3) is 0.905. The van der Waals surface area contributed by atoms with Crippen molar-refractivity contribution < 1.29 is 9.59 Å². The fourth-order valence-electron chi connectivity index (χ4n) is 4.42. The van der Waals surface area contributed by atoms with Crippen LogP contribution in [0.25, 0.3) is 0 Å². The first-order chi connectivity index (χ1) is 12.8. The number of carbonyl (C=O) groups excluding carboxylic acids is 2. The molecule has 156 valence electrons. The van der Waals surface area contributed by atoms with E-state index in [-0.39, 0.29) is 11.8 Å². The standard InChI is InChI=1S/C21H40N4O2/c1-16(2)24-12-7-19(8-13-24)21(27)23(5)11-6-17(3)25-14-9-20(10-15-25)22-18(4)26/h16-17,19-20H,6-15H2,1-5H3,(H,22,26). The molecule has 2 amide bonds. The van der Waals surface area contributed by atoms with E-state index in [0.717, 1.165) is 64.8 Å². The van der Waals surface area contributed by atoms with Crippen LogP contribution in [-0.2, 0) is 9.59 Å². The van der Waals surface area contributed by atoms with Crippen molar-refractivity contribution in [2.24, 2.45) is 5.92 Å². The number of nitrogens with zero attached hydrogens (tertiary/aromatic N) is 3. The van der Waals surface area contributed by atoms with Crippen LogP contribution in [0.1, 0.15) is 59.8 Å². The minimum absolute atomic E-state index is 0.0702. The summed E-state index contributed by atoms with van der Waals surface area (Å²) in [5, 5.41) is 3.03. The van der Waals surface area contributed by atoms with Crippen molar-refractivity contribution in [2.75, 3.05) is 39.8 Å². The third kappa shape index (κ3) is 6.75. The van der Waals surface area contributed by atoms with Crippen LogP contribution < -0.4 is 5.32 Å². The van der Waals surface area contributed by atoms with E-state index in [0.29, 0.717) is 24.0 Å². The first kappa shape index (κ1) is 22.2. The van der Waals surface area contributed by atoms with Gasteiger partial charge in [-0.2, -0.15) is 0 Å². The topological polar surface area (TPSA) is 55.9 Å². The molecule has 2 saturated heterocycles. The molecular formula is C21H40N4O2. The maximum Gasteiger partial charge on any atom is 0.225 e. The summed E-state index contributed by atoms with van der Waals surface area (Å²) in [6, 6.07) is 1.38.